The molecule has 3 rings (SSSR count). The van der Waals surface area contributed by atoms with Crippen LogP contribution in [0.25, 0.3) is 0 Å². The first-order valence-corrected chi connectivity index (χ1v) is 9.30. The van der Waals surface area contributed by atoms with E-state index in [9.17, 15) is 4.79 Å². The molecular formula is C21H22ClN3O4. The van der Waals surface area contributed by atoms with E-state index in [1.165, 1.54) is 0 Å². The number of methoxy groups -OCH3 is 2. The van der Waals surface area contributed by atoms with Crippen LogP contribution in [0.1, 0.15) is 11.1 Å². The Hall–Kier alpha value is -3.19. The number of nitrogens with zero attached hydrogens (tertiary/aromatic N) is 2. The molecule has 1 amide bonds. The number of anilines is 1. The van der Waals surface area contributed by atoms with Gasteiger partial charge in [-0.25, -0.2) is 4.68 Å². The van der Waals surface area contributed by atoms with Crippen molar-refractivity contribution >= 4 is 23.3 Å². The summed E-state index contributed by atoms with van der Waals surface area (Å²) in [7, 11) is 3.17. The number of para-hydroxylation sites is 1. The highest BCUT2D eigenvalue weighted by atomic mass is 35.5. The van der Waals surface area contributed by atoms with Crippen LogP contribution in [0, 0.1) is 6.92 Å². The molecule has 0 fully saturated rings. The zero-order valence-electron chi connectivity index (χ0n) is 16.4. The van der Waals surface area contributed by atoms with E-state index in [1.54, 1.807) is 49.4 Å². The molecule has 0 aliphatic carbocycles. The Morgan fingerprint density at radius 2 is 2.00 bits per heavy atom. The average Bonchev–Trinajstić information content (AvgIpc) is 3.15. The third kappa shape index (κ3) is 5.00. The average molecular weight is 416 g/mol. The fourth-order valence-electron chi connectivity index (χ4n) is 2.84. The molecule has 152 valence electrons. The van der Waals surface area contributed by atoms with Crippen molar-refractivity contribution in [3.05, 3.63) is 64.8 Å². The highest BCUT2D eigenvalue weighted by Crippen LogP contribution is 2.31. The van der Waals surface area contributed by atoms with Crippen LogP contribution in [-0.4, -0.2) is 36.5 Å². The van der Waals surface area contributed by atoms with Crippen LogP contribution in [0.15, 0.2) is 48.7 Å². The first-order valence-electron chi connectivity index (χ1n) is 8.92. The maximum absolute atomic E-state index is 12.3. The normalized spacial score (nSPS) is 10.5. The number of carbonyl (C=O) groups excluding carboxylic acids is 1. The summed E-state index contributed by atoms with van der Waals surface area (Å²) in [5, 5.41) is 7.75. The summed E-state index contributed by atoms with van der Waals surface area (Å²) in [6.07, 6.45) is 1.62. The zero-order valence-corrected chi connectivity index (χ0v) is 17.2. The second-order valence-electron chi connectivity index (χ2n) is 6.27. The van der Waals surface area contributed by atoms with Gasteiger partial charge >= 0.3 is 0 Å². The molecule has 0 unspecified atom stereocenters. The fraction of sp³-hybridized carbons (Fsp3) is 0.238. The number of carbonyl (C=O) groups is 1. The molecule has 0 atom stereocenters. The summed E-state index contributed by atoms with van der Waals surface area (Å²) >= 11 is 6.00. The third-order valence-corrected chi connectivity index (χ3v) is 4.71. The molecule has 3 aromatic rings. The number of ether oxygens (including phenoxy) is 3. The van der Waals surface area contributed by atoms with Gasteiger partial charge in [0, 0.05) is 16.7 Å². The lowest BCUT2D eigenvalue weighted by Crippen LogP contribution is -2.22. The van der Waals surface area contributed by atoms with Gasteiger partial charge in [-0.05, 0) is 36.8 Å². The van der Waals surface area contributed by atoms with Gasteiger partial charge in [0.25, 0.3) is 5.91 Å². The molecule has 29 heavy (non-hydrogen) atoms. The number of halogens is 1. The lowest BCUT2D eigenvalue weighted by Gasteiger charge is -2.14. The maximum Gasteiger partial charge on any atom is 0.263 e. The van der Waals surface area contributed by atoms with Crippen molar-refractivity contribution in [3.8, 4) is 17.2 Å². The predicted molar refractivity (Wildman–Crippen MR) is 111 cm³/mol. The van der Waals surface area contributed by atoms with Gasteiger partial charge in [0.15, 0.2) is 18.1 Å². The fourth-order valence-corrected chi connectivity index (χ4v) is 2.96. The minimum absolute atomic E-state index is 0.130. The van der Waals surface area contributed by atoms with E-state index in [-0.39, 0.29) is 12.5 Å². The number of amides is 1. The molecule has 1 N–H and O–H groups in total. The van der Waals surface area contributed by atoms with Crippen LogP contribution < -0.4 is 19.5 Å². The number of rotatable bonds is 8. The Labute approximate surface area is 174 Å². The summed E-state index contributed by atoms with van der Waals surface area (Å²) in [5.74, 6) is 2.10. The molecule has 0 radical (unpaired) electrons. The molecule has 0 aliphatic heterocycles. The first-order chi connectivity index (χ1) is 14.0. The van der Waals surface area contributed by atoms with E-state index in [0.29, 0.717) is 34.6 Å². The van der Waals surface area contributed by atoms with E-state index in [2.05, 4.69) is 10.4 Å². The van der Waals surface area contributed by atoms with Crippen molar-refractivity contribution in [1.29, 1.82) is 0 Å². The highest BCUT2D eigenvalue weighted by molar-refractivity contribution is 6.31. The van der Waals surface area contributed by atoms with Crippen LogP contribution in [-0.2, 0) is 11.3 Å². The van der Waals surface area contributed by atoms with Crippen molar-refractivity contribution in [2.75, 3.05) is 26.1 Å². The molecule has 0 aliphatic rings. The molecule has 7 nitrogen and oxygen atoms in total. The molecule has 0 bridgehead atoms. The zero-order chi connectivity index (χ0) is 20.8. The van der Waals surface area contributed by atoms with Crippen LogP contribution >= 0.6 is 11.6 Å². The number of nitrogens with one attached hydrogen (secondary N) is 1. The van der Waals surface area contributed by atoms with Gasteiger partial charge in [0.2, 0.25) is 0 Å². The van der Waals surface area contributed by atoms with Crippen molar-refractivity contribution in [2.24, 2.45) is 0 Å². The number of benzene rings is 2. The summed E-state index contributed by atoms with van der Waals surface area (Å²) in [4.78, 5) is 12.3. The summed E-state index contributed by atoms with van der Waals surface area (Å²) in [6.45, 7) is 2.15. The largest absolute Gasteiger partial charge is 0.493 e. The van der Waals surface area contributed by atoms with Crippen LogP contribution in [0.3, 0.4) is 0 Å². The number of hydrogen-bond acceptors (Lipinski definition) is 5. The van der Waals surface area contributed by atoms with Gasteiger partial charge in [-0.1, -0.05) is 23.7 Å². The summed E-state index contributed by atoms with van der Waals surface area (Å²) < 4.78 is 18.0. The molecule has 0 spiro atoms. The Morgan fingerprint density at radius 1 is 1.17 bits per heavy atom. The van der Waals surface area contributed by atoms with E-state index in [4.69, 9.17) is 25.8 Å². The van der Waals surface area contributed by atoms with Crippen molar-refractivity contribution in [1.82, 2.24) is 9.78 Å². The minimum Gasteiger partial charge on any atom is -0.493 e. The molecule has 1 aromatic heterocycles. The molecule has 0 saturated heterocycles. The quantitative estimate of drug-likeness (QED) is 0.603. The van der Waals surface area contributed by atoms with Gasteiger partial charge in [0.1, 0.15) is 11.6 Å². The molecule has 0 saturated carbocycles. The van der Waals surface area contributed by atoms with Gasteiger partial charge in [-0.2, -0.15) is 5.10 Å². The number of aromatic nitrogens is 2. The summed E-state index contributed by atoms with van der Waals surface area (Å²) in [6, 6.07) is 12.6. The lowest BCUT2D eigenvalue weighted by atomic mass is 10.2. The Kier molecular flexibility index (Phi) is 6.61. The van der Waals surface area contributed by atoms with Crippen molar-refractivity contribution in [3.63, 3.8) is 0 Å². The van der Waals surface area contributed by atoms with E-state index >= 15 is 0 Å². The second kappa shape index (κ2) is 9.34. The maximum atomic E-state index is 12.3. The lowest BCUT2D eigenvalue weighted by molar-refractivity contribution is -0.118. The monoisotopic (exact) mass is 415 g/mol. The van der Waals surface area contributed by atoms with Crippen LogP contribution in [0.2, 0.25) is 5.02 Å². The van der Waals surface area contributed by atoms with Crippen molar-refractivity contribution < 1.29 is 19.0 Å². The highest BCUT2D eigenvalue weighted by Gasteiger charge is 2.13. The van der Waals surface area contributed by atoms with Crippen LogP contribution in [0.4, 0.5) is 5.82 Å². The molecule has 8 heteroatoms. The minimum atomic E-state index is -0.294. The third-order valence-electron chi connectivity index (χ3n) is 4.29. The predicted octanol–water partition coefficient (Wildman–Crippen LogP) is 3.93. The molecule has 2 aromatic carbocycles. The van der Waals surface area contributed by atoms with Crippen LogP contribution in [0.5, 0.6) is 17.2 Å². The molecule has 1 heterocycles. The topological polar surface area (TPSA) is 74.6 Å². The first kappa shape index (κ1) is 20.5. The Balaban J connectivity index is 1.66. The summed E-state index contributed by atoms with van der Waals surface area (Å²) in [5.41, 5.74) is 1.76. The smallest absolute Gasteiger partial charge is 0.263 e. The van der Waals surface area contributed by atoms with Gasteiger partial charge < -0.3 is 19.5 Å². The number of hydrogen-bond donors (Lipinski definition) is 1. The van der Waals surface area contributed by atoms with E-state index < -0.39 is 0 Å². The van der Waals surface area contributed by atoms with Gasteiger partial charge in [0.05, 0.1) is 27.0 Å². The second-order valence-corrected chi connectivity index (χ2v) is 6.68. The standard InChI is InChI=1S/C21H22ClN3O4/c1-14-11-16(7-8-17(14)22)29-13-20(26)24-19-9-10-23-25(19)12-15-5-4-6-18(27-2)21(15)28-3/h4-11H,12-13H2,1-3H3,(H,24,26). The van der Waals surface area contributed by atoms with E-state index in [1.807, 2.05) is 25.1 Å². The van der Waals surface area contributed by atoms with Gasteiger partial charge in [-0.3, -0.25) is 4.79 Å². The van der Waals surface area contributed by atoms with Crippen molar-refractivity contribution in [2.45, 2.75) is 13.5 Å². The van der Waals surface area contributed by atoms with E-state index in [0.717, 1.165) is 11.1 Å². The SMILES string of the molecule is COc1cccc(Cn2nccc2NC(=O)COc2ccc(Cl)c(C)c2)c1OC. The Bertz CT molecular complexity index is 1000. The molecular weight excluding hydrogens is 394 g/mol. The Morgan fingerprint density at radius 3 is 2.72 bits per heavy atom. The van der Waals surface area contributed by atoms with Gasteiger partial charge in [-0.15, -0.1) is 0 Å². The number of aryl methyl sites for hydroxylation is 1.